The van der Waals surface area contributed by atoms with Crippen LogP contribution in [-0.2, 0) is 0 Å². The molecule has 0 fully saturated rings. The van der Waals surface area contributed by atoms with Gasteiger partial charge in [-0.05, 0) is 90.2 Å². The quantitative estimate of drug-likeness (QED) is 0.188. The van der Waals surface area contributed by atoms with Crippen LogP contribution in [0.1, 0.15) is 15.1 Å². The third-order valence-corrected chi connectivity index (χ3v) is 8.22. The van der Waals surface area contributed by atoms with Crippen molar-refractivity contribution in [3.8, 4) is 44.5 Å². The molecule has 0 aliphatic carbocycles. The summed E-state index contributed by atoms with van der Waals surface area (Å²) >= 11 is 0. The maximum absolute atomic E-state index is 9.73. The fourth-order valence-electron chi connectivity index (χ4n) is 6.27. The first kappa shape index (κ1) is 16.8. The number of hydrogen-bond acceptors (Lipinski definition) is 1. The molecule has 8 aromatic carbocycles. The normalized spacial score (nSPS) is 15.0. The molecule has 1 aromatic heterocycles. The van der Waals surface area contributed by atoms with Crippen LogP contribution in [0.25, 0.3) is 88.0 Å². The summed E-state index contributed by atoms with van der Waals surface area (Å²) in [5.41, 5.74) is 3.35. The summed E-state index contributed by atoms with van der Waals surface area (Å²) < 4.78 is 103. The summed E-state index contributed by atoms with van der Waals surface area (Å²) in [5, 5.41) is 3.05. The van der Waals surface area contributed by atoms with Gasteiger partial charge in [0.2, 0.25) is 0 Å². The zero-order valence-corrected chi connectivity index (χ0v) is 23.7. The SMILES string of the molecule is [2H]c1c([2H])c([2H])c(-c2c([2H])c([2H])c3c(oc4c([2H])c([2H])c(-c5c6ccccc6c(-c6ccccc6-c6ccccc6)c6ccccc56)c([2H])c43)c2[2H])c([2H])c1[2H]. The van der Waals surface area contributed by atoms with E-state index in [0.717, 1.165) is 43.8 Å². The summed E-state index contributed by atoms with van der Waals surface area (Å²) in [6.07, 6.45) is 0. The van der Waals surface area contributed by atoms with Crippen molar-refractivity contribution >= 4 is 43.5 Å². The van der Waals surface area contributed by atoms with Crippen LogP contribution in [0.4, 0.5) is 0 Å². The lowest BCUT2D eigenvalue weighted by Gasteiger charge is -2.19. The molecule has 0 aliphatic heterocycles. The van der Waals surface area contributed by atoms with E-state index >= 15 is 0 Å². The number of benzene rings is 8. The molecule has 0 saturated heterocycles. The van der Waals surface area contributed by atoms with E-state index in [1.54, 1.807) is 0 Å². The molecule has 0 amide bonds. The molecule has 0 bridgehead atoms. The van der Waals surface area contributed by atoms with Crippen molar-refractivity contribution in [3.63, 3.8) is 0 Å². The molecular weight excluding hydrogens is 544 g/mol. The Bertz CT molecular complexity index is 3070. The molecule has 0 saturated carbocycles. The largest absolute Gasteiger partial charge is 0.456 e. The summed E-state index contributed by atoms with van der Waals surface area (Å²) in [6, 6.07) is 28.0. The van der Waals surface area contributed by atoms with Gasteiger partial charge in [0.15, 0.2) is 0 Å². The van der Waals surface area contributed by atoms with Gasteiger partial charge >= 0.3 is 0 Å². The fourth-order valence-corrected chi connectivity index (χ4v) is 6.27. The number of fused-ring (bicyclic) bond motifs is 5. The molecule has 0 spiro atoms. The molecular formula is C44H28O. The maximum Gasteiger partial charge on any atom is 0.136 e. The van der Waals surface area contributed by atoms with Gasteiger partial charge in [-0.2, -0.15) is 0 Å². The first-order valence-corrected chi connectivity index (χ1v) is 14.6. The molecule has 0 radical (unpaired) electrons. The first-order valence-electron chi connectivity index (χ1n) is 20.1. The smallest absolute Gasteiger partial charge is 0.136 e. The average Bonchev–Trinajstić information content (AvgIpc) is 3.64. The van der Waals surface area contributed by atoms with E-state index in [-0.39, 0.29) is 45.6 Å². The van der Waals surface area contributed by atoms with E-state index in [9.17, 15) is 4.11 Å². The summed E-state index contributed by atoms with van der Waals surface area (Å²) in [4.78, 5) is 0. The highest BCUT2D eigenvalue weighted by Crippen LogP contribution is 2.46. The molecule has 1 nitrogen and oxygen atoms in total. The highest BCUT2D eigenvalue weighted by molar-refractivity contribution is 6.23. The number of furan rings is 1. The Morgan fingerprint density at radius 3 is 1.67 bits per heavy atom. The van der Waals surface area contributed by atoms with Gasteiger partial charge in [-0.15, -0.1) is 0 Å². The van der Waals surface area contributed by atoms with Gasteiger partial charge in [0, 0.05) is 10.8 Å². The highest BCUT2D eigenvalue weighted by Gasteiger charge is 2.19. The third kappa shape index (κ3) is 4.17. The van der Waals surface area contributed by atoms with Gasteiger partial charge in [0.25, 0.3) is 0 Å². The Morgan fingerprint density at radius 1 is 0.356 bits per heavy atom. The second-order valence-electron chi connectivity index (χ2n) is 10.8. The minimum atomic E-state index is -0.657. The zero-order valence-electron chi connectivity index (χ0n) is 34.7. The Labute approximate surface area is 277 Å². The second-order valence-corrected chi connectivity index (χ2v) is 10.8. The second kappa shape index (κ2) is 10.4. The predicted octanol–water partition coefficient (Wildman–Crippen LogP) is 12.6. The Kier molecular flexibility index (Phi) is 3.87. The first-order chi connectivity index (χ1) is 26.9. The Hall–Kier alpha value is -5.92. The third-order valence-electron chi connectivity index (χ3n) is 8.22. The summed E-state index contributed by atoms with van der Waals surface area (Å²) in [6.45, 7) is 0. The molecule has 9 rings (SSSR count). The maximum atomic E-state index is 9.73. The predicted molar refractivity (Wildman–Crippen MR) is 190 cm³/mol. The van der Waals surface area contributed by atoms with Gasteiger partial charge in [-0.3, -0.25) is 0 Å². The van der Waals surface area contributed by atoms with Crippen molar-refractivity contribution in [2.24, 2.45) is 0 Å². The van der Waals surface area contributed by atoms with Gasteiger partial charge in [-0.25, -0.2) is 0 Å². The van der Waals surface area contributed by atoms with E-state index in [0.29, 0.717) is 5.56 Å². The lowest BCUT2D eigenvalue weighted by atomic mass is 9.83. The number of hydrogen-bond donors (Lipinski definition) is 0. The fraction of sp³-hybridized carbons (Fsp3) is 0. The standard InChI is InChI=1S/C44H28O/c1-3-13-29(14-4-1)31-23-25-34-40-27-32(24-26-41(40)45-42(34)28-31)43-36-19-9-11-21-38(36)44(39-22-12-10-20-37(39)43)35-18-8-7-17-33(35)30-15-5-2-6-16-30/h1-28H/i1D,3D,4D,13D,14D,23D,24D,25D,26D,27D,28D. The van der Waals surface area contributed by atoms with Crippen LogP contribution in [-0.4, -0.2) is 0 Å². The van der Waals surface area contributed by atoms with Crippen LogP contribution in [0.3, 0.4) is 0 Å². The summed E-state index contributed by atoms with van der Waals surface area (Å²) in [5.74, 6) is 0. The zero-order chi connectivity index (χ0) is 39.3. The monoisotopic (exact) mass is 583 g/mol. The van der Waals surface area contributed by atoms with Gasteiger partial charge in [0.05, 0.1) is 15.1 Å². The number of rotatable bonds is 4. The van der Waals surface area contributed by atoms with Gasteiger partial charge in [0.1, 0.15) is 11.2 Å². The van der Waals surface area contributed by atoms with Crippen molar-refractivity contribution in [1.29, 1.82) is 0 Å². The average molecular weight is 584 g/mol. The van der Waals surface area contributed by atoms with Crippen molar-refractivity contribution < 1.29 is 19.5 Å². The van der Waals surface area contributed by atoms with Crippen LogP contribution in [0.15, 0.2) is 174 Å². The van der Waals surface area contributed by atoms with E-state index in [1.165, 1.54) is 0 Å². The lowest BCUT2D eigenvalue weighted by molar-refractivity contribution is 0.669. The van der Waals surface area contributed by atoms with Gasteiger partial charge in [-0.1, -0.05) is 145 Å². The molecule has 9 aromatic rings. The van der Waals surface area contributed by atoms with E-state index in [1.807, 2.05) is 78.9 Å². The van der Waals surface area contributed by atoms with E-state index in [4.69, 9.17) is 15.4 Å². The molecule has 0 aliphatic rings. The van der Waals surface area contributed by atoms with Crippen molar-refractivity contribution in [2.45, 2.75) is 0 Å². The van der Waals surface area contributed by atoms with E-state index in [2.05, 4.69) is 24.3 Å². The van der Waals surface area contributed by atoms with Crippen LogP contribution >= 0.6 is 0 Å². The molecule has 0 N–H and O–H groups in total. The minimum Gasteiger partial charge on any atom is -0.456 e. The van der Waals surface area contributed by atoms with E-state index < -0.39 is 59.5 Å². The van der Waals surface area contributed by atoms with Crippen molar-refractivity contribution in [2.75, 3.05) is 0 Å². The van der Waals surface area contributed by atoms with Gasteiger partial charge < -0.3 is 4.42 Å². The van der Waals surface area contributed by atoms with Crippen LogP contribution in [0, 0.1) is 0 Å². The molecule has 1 heteroatoms. The topological polar surface area (TPSA) is 13.1 Å². The van der Waals surface area contributed by atoms with Crippen LogP contribution < -0.4 is 0 Å². The minimum absolute atomic E-state index is 0.0257. The molecule has 210 valence electrons. The molecule has 1 heterocycles. The molecule has 0 unspecified atom stereocenters. The van der Waals surface area contributed by atoms with Crippen molar-refractivity contribution in [3.05, 3.63) is 170 Å². The lowest BCUT2D eigenvalue weighted by Crippen LogP contribution is -1.92. The molecule has 45 heavy (non-hydrogen) atoms. The molecule has 0 atom stereocenters. The Morgan fingerprint density at radius 2 is 0.956 bits per heavy atom. The van der Waals surface area contributed by atoms with Crippen molar-refractivity contribution in [1.82, 2.24) is 0 Å². The Balaban J connectivity index is 1.39. The summed E-state index contributed by atoms with van der Waals surface area (Å²) in [7, 11) is 0. The highest BCUT2D eigenvalue weighted by atomic mass is 16.3. The van der Waals surface area contributed by atoms with Crippen LogP contribution in [0.2, 0.25) is 0 Å². The van der Waals surface area contributed by atoms with Crippen LogP contribution in [0.5, 0.6) is 0 Å².